The minimum Gasteiger partial charge on any atom is -0.426 e. The fourth-order valence-corrected chi connectivity index (χ4v) is 1.95. The maximum absolute atomic E-state index is 12.8. The van der Waals surface area contributed by atoms with Crippen LogP contribution in [0.4, 0.5) is 4.39 Å². The molecule has 1 unspecified atom stereocenters. The molecule has 1 aromatic rings. The van der Waals surface area contributed by atoms with Crippen molar-refractivity contribution in [3.05, 3.63) is 29.6 Å². The lowest BCUT2D eigenvalue weighted by molar-refractivity contribution is 0.0705. The van der Waals surface area contributed by atoms with Crippen molar-refractivity contribution < 1.29 is 23.1 Å². The van der Waals surface area contributed by atoms with Crippen molar-refractivity contribution in [3.63, 3.8) is 0 Å². The average Bonchev–Trinajstić information content (AvgIpc) is 2.19. The summed E-state index contributed by atoms with van der Waals surface area (Å²) in [5, 5.41) is 8.48. The van der Waals surface area contributed by atoms with Gasteiger partial charge < -0.3 is 9.63 Å². The monoisotopic (exact) mass is 218 g/mol. The Morgan fingerprint density at radius 3 is 3.21 bits per heavy atom. The average molecular weight is 218 g/mol. The number of benzene rings is 1. The van der Waals surface area contributed by atoms with Gasteiger partial charge in [-0.05, 0) is 18.2 Å². The molecule has 0 aliphatic carbocycles. The zero-order valence-electron chi connectivity index (χ0n) is 7.14. The largest absolute Gasteiger partial charge is 0.426 e. The van der Waals surface area contributed by atoms with E-state index in [9.17, 15) is 4.39 Å². The number of rotatable bonds is 2. The SMILES string of the molecule is OCOP1OCc2cc(F)ccc2O1. The Kier molecular flexibility index (Phi) is 2.93. The molecule has 1 atom stereocenters. The van der Waals surface area contributed by atoms with E-state index >= 15 is 0 Å². The van der Waals surface area contributed by atoms with Crippen molar-refractivity contribution in [1.82, 2.24) is 0 Å². The second kappa shape index (κ2) is 4.19. The summed E-state index contributed by atoms with van der Waals surface area (Å²) < 4.78 is 27.8. The summed E-state index contributed by atoms with van der Waals surface area (Å²) in [6, 6.07) is 4.17. The van der Waals surface area contributed by atoms with Crippen LogP contribution in [0.5, 0.6) is 5.75 Å². The van der Waals surface area contributed by atoms with E-state index in [1.165, 1.54) is 18.2 Å². The van der Waals surface area contributed by atoms with Crippen LogP contribution in [-0.4, -0.2) is 11.9 Å². The third kappa shape index (κ3) is 2.01. The van der Waals surface area contributed by atoms with Crippen molar-refractivity contribution in [2.24, 2.45) is 0 Å². The highest BCUT2D eigenvalue weighted by Gasteiger charge is 2.23. The zero-order valence-corrected chi connectivity index (χ0v) is 8.04. The van der Waals surface area contributed by atoms with Crippen LogP contribution < -0.4 is 4.52 Å². The summed E-state index contributed by atoms with van der Waals surface area (Å²) in [5.74, 6) is 0.211. The van der Waals surface area contributed by atoms with Gasteiger partial charge in [-0.25, -0.2) is 4.39 Å². The molecule has 4 nitrogen and oxygen atoms in total. The van der Waals surface area contributed by atoms with Gasteiger partial charge in [-0.15, -0.1) is 0 Å². The quantitative estimate of drug-likeness (QED) is 0.608. The van der Waals surface area contributed by atoms with Gasteiger partial charge in [0.05, 0.1) is 6.61 Å². The van der Waals surface area contributed by atoms with Crippen molar-refractivity contribution in [3.8, 4) is 5.75 Å². The number of fused-ring (bicyclic) bond motifs is 1. The summed E-state index contributed by atoms with van der Waals surface area (Å²) in [5.41, 5.74) is 0.644. The summed E-state index contributed by atoms with van der Waals surface area (Å²) >= 11 is 0. The number of hydrogen-bond acceptors (Lipinski definition) is 4. The number of aliphatic hydroxyl groups is 1. The van der Waals surface area contributed by atoms with E-state index in [1.807, 2.05) is 0 Å². The van der Waals surface area contributed by atoms with Gasteiger partial charge in [-0.1, -0.05) is 0 Å². The third-order valence-electron chi connectivity index (χ3n) is 1.68. The fourth-order valence-electron chi connectivity index (χ4n) is 1.09. The highest BCUT2D eigenvalue weighted by molar-refractivity contribution is 7.42. The summed E-state index contributed by atoms with van der Waals surface area (Å²) in [4.78, 5) is 0. The van der Waals surface area contributed by atoms with Crippen LogP contribution >= 0.6 is 8.60 Å². The Labute approximate surface area is 81.2 Å². The molecule has 2 rings (SSSR count). The predicted molar refractivity (Wildman–Crippen MR) is 46.9 cm³/mol. The normalized spacial score (nSPS) is 20.0. The zero-order chi connectivity index (χ0) is 9.97. The highest BCUT2D eigenvalue weighted by atomic mass is 31.2. The smallest absolute Gasteiger partial charge is 0.399 e. The van der Waals surface area contributed by atoms with E-state index in [4.69, 9.17) is 18.7 Å². The Bertz CT molecular complexity index is 333. The number of halogens is 1. The number of hydrogen-bond donors (Lipinski definition) is 1. The lowest BCUT2D eigenvalue weighted by Crippen LogP contribution is -2.06. The molecule has 0 amide bonds. The van der Waals surface area contributed by atoms with E-state index < -0.39 is 15.4 Å². The topological polar surface area (TPSA) is 47.9 Å². The molecule has 1 aromatic carbocycles. The second-order valence-corrected chi connectivity index (χ2v) is 3.74. The molecule has 0 aromatic heterocycles. The maximum Gasteiger partial charge on any atom is 0.399 e. The van der Waals surface area contributed by atoms with Crippen molar-refractivity contribution in [2.75, 3.05) is 6.79 Å². The van der Waals surface area contributed by atoms with E-state index in [2.05, 4.69) is 0 Å². The summed E-state index contributed by atoms with van der Waals surface area (Å²) in [7, 11) is -1.54. The molecule has 0 saturated carbocycles. The first kappa shape index (κ1) is 9.80. The van der Waals surface area contributed by atoms with Gasteiger partial charge in [-0.3, -0.25) is 9.05 Å². The van der Waals surface area contributed by atoms with Crippen LogP contribution in [0.1, 0.15) is 5.56 Å². The molecule has 0 radical (unpaired) electrons. The van der Waals surface area contributed by atoms with E-state index in [-0.39, 0.29) is 12.4 Å². The molecule has 76 valence electrons. The van der Waals surface area contributed by atoms with Crippen LogP contribution in [0.3, 0.4) is 0 Å². The van der Waals surface area contributed by atoms with E-state index in [1.54, 1.807) is 0 Å². The van der Waals surface area contributed by atoms with Crippen LogP contribution in [0.25, 0.3) is 0 Å². The van der Waals surface area contributed by atoms with Gasteiger partial charge in [0.15, 0.2) is 6.79 Å². The van der Waals surface area contributed by atoms with Crippen LogP contribution in [-0.2, 0) is 15.7 Å². The fraction of sp³-hybridized carbons (Fsp3) is 0.250. The van der Waals surface area contributed by atoms with Crippen LogP contribution in [0.15, 0.2) is 18.2 Å². The first-order valence-corrected chi connectivity index (χ1v) is 5.02. The molecule has 6 heteroatoms. The number of aliphatic hydroxyl groups excluding tert-OH is 1. The molecule has 0 spiro atoms. The molecule has 14 heavy (non-hydrogen) atoms. The lowest BCUT2D eigenvalue weighted by Gasteiger charge is -2.22. The molecule has 1 N–H and O–H groups in total. The minimum atomic E-state index is -1.54. The van der Waals surface area contributed by atoms with Crippen LogP contribution in [0.2, 0.25) is 0 Å². The minimum absolute atomic E-state index is 0.235. The molecule has 1 aliphatic heterocycles. The van der Waals surface area contributed by atoms with Gasteiger partial charge in [0.25, 0.3) is 0 Å². The highest BCUT2D eigenvalue weighted by Crippen LogP contribution is 2.46. The molecule has 1 aliphatic rings. The maximum atomic E-state index is 12.8. The summed E-state index contributed by atoms with van der Waals surface area (Å²) in [6.07, 6.45) is 0. The van der Waals surface area contributed by atoms with Crippen molar-refractivity contribution >= 4 is 8.60 Å². The Morgan fingerprint density at radius 1 is 1.57 bits per heavy atom. The molecular weight excluding hydrogens is 210 g/mol. The second-order valence-electron chi connectivity index (χ2n) is 2.60. The van der Waals surface area contributed by atoms with Gasteiger partial charge in [0.2, 0.25) is 0 Å². The third-order valence-corrected chi connectivity index (χ3v) is 2.70. The molecule has 0 fully saturated rings. The Morgan fingerprint density at radius 2 is 2.43 bits per heavy atom. The first-order valence-electron chi connectivity index (χ1n) is 3.93. The van der Waals surface area contributed by atoms with Gasteiger partial charge in [-0.2, -0.15) is 0 Å². The Balaban J connectivity index is 2.15. The molecular formula is C8H8FO4P. The first-order chi connectivity index (χ1) is 6.79. The predicted octanol–water partition coefficient (Wildman–Crippen LogP) is 1.93. The van der Waals surface area contributed by atoms with Gasteiger partial charge >= 0.3 is 8.60 Å². The van der Waals surface area contributed by atoms with Gasteiger partial charge in [0.1, 0.15) is 11.6 Å². The van der Waals surface area contributed by atoms with E-state index in [0.29, 0.717) is 11.3 Å². The van der Waals surface area contributed by atoms with Crippen molar-refractivity contribution in [2.45, 2.75) is 6.61 Å². The van der Waals surface area contributed by atoms with Crippen molar-refractivity contribution in [1.29, 1.82) is 0 Å². The molecule has 0 saturated heterocycles. The van der Waals surface area contributed by atoms with Crippen LogP contribution in [0, 0.1) is 5.82 Å². The van der Waals surface area contributed by atoms with E-state index in [0.717, 1.165) is 0 Å². The standard InChI is InChI=1S/C8H8FO4P/c9-7-1-2-8-6(3-7)4-11-14(13-8)12-5-10/h1-3,10H,4-5H2. The lowest BCUT2D eigenvalue weighted by atomic mass is 10.2. The molecule has 1 heterocycles. The Hall–Kier alpha value is -0.740. The van der Waals surface area contributed by atoms with Gasteiger partial charge in [0, 0.05) is 5.56 Å². The molecule has 0 bridgehead atoms. The summed E-state index contributed by atoms with van der Waals surface area (Å²) in [6.45, 7) is -0.221.